The Morgan fingerprint density at radius 1 is 0.944 bits per heavy atom. The maximum Gasteiger partial charge on any atom is 0.422 e. The third kappa shape index (κ3) is 5.68. The molecule has 0 atom stereocenters. The van der Waals surface area contributed by atoms with Crippen LogP contribution in [0.4, 0.5) is 36.4 Å². The van der Waals surface area contributed by atoms with Crippen LogP contribution in [-0.2, 0) is 12.8 Å². The second kappa shape index (κ2) is 11.0. The van der Waals surface area contributed by atoms with E-state index in [1.54, 1.807) is 36.6 Å². The maximum absolute atomic E-state index is 14.0. The Kier molecular flexibility index (Phi) is 8.03. The molecule has 3 aromatic rings. The summed E-state index contributed by atoms with van der Waals surface area (Å²) >= 11 is 0. The number of halogens is 7. The van der Waals surface area contributed by atoms with E-state index in [-0.39, 0.29) is 24.5 Å². The molecule has 0 amide bonds. The van der Waals surface area contributed by atoms with E-state index in [0.29, 0.717) is 16.9 Å². The first-order valence-electron chi connectivity index (χ1n) is 10.2. The molecule has 5 nitrogen and oxygen atoms in total. The molecule has 0 unspecified atom stereocenters. The average molecular weight is 511 g/mol. The normalized spacial score (nSPS) is 11.4. The summed E-state index contributed by atoms with van der Waals surface area (Å²) in [6.07, 6.45) is -4.66. The fourth-order valence-corrected chi connectivity index (χ4v) is 3.05. The molecule has 12 heteroatoms. The Morgan fingerprint density at radius 2 is 1.61 bits per heavy atom. The molecule has 0 aliphatic rings. The summed E-state index contributed by atoms with van der Waals surface area (Å²) in [5.74, 6) is -9.21. The third-order valence-electron chi connectivity index (χ3n) is 4.73. The number of hydrogen-bond acceptors (Lipinski definition) is 5. The lowest BCUT2D eigenvalue weighted by molar-refractivity contribution is -0.143. The first kappa shape index (κ1) is 26.3. The Hall–Kier alpha value is -4.27. The van der Waals surface area contributed by atoms with E-state index in [4.69, 9.17) is 9.47 Å². The van der Waals surface area contributed by atoms with Crippen molar-refractivity contribution in [2.75, 3.05) is 12.0 Å². The van der Waals surface area contributed by atoms with Crippen molar-refractivity contribution in [1.82, 2.24) is 0 Å². The van der Waals surface area contributed by atoms with Crippen LogP contribution >= 0.6 is 0 Å². The van der Waals surface area contributed by atoms with Gasteiger partial charge in [0.1, 0.15) is 17.9 Å². The smallest absolute Gasteiger partial charge is 0.422 e. The molecular weight excluding hydrogens is 495 g/mol. The monoisotopic (exact) mass is 511 g/mol. The van der Waals surface area contributed by atoms with Crippen molar-refractivity contribution >= 4 is 11.9 Å². The first-order valence-corrected chi connectivity index (χ1v) is 10.2. The Bertz CT molecular complexity index is 1310. The van der Waals surface area contributed by atoms with Gasteiger partial charge in [0.25, 0.3) is 0 Å². The molecule has 0 bridgehead atoms. The van der Waals surface area contributed by atoms with Gasteiger partial charge in [-0.05, 0) is 36.8 Å². The maximum atomic E-state index is 14.0. The van der Waals surface area contributed by atoms with Crippen LogP contribution in [0, 0.1) is 34.6 Å². The molecule has 1 N–H and O–H groups in total. The molecule has 3 aromatic carbocycles. The number of ether oxygens (including phenoxy) is 2. The number of nitriles is 1. The van der Waals surface area contributed by atoms with E-state index in [1.807, 2.05) is 0 Å². The number of rotatable bonds is 8. The number of anilines is 1. The molecular formula is C24H16F7N3O2. The predicted molar refractivity (Wildman–Crippen MR) is 116 cm³/mol. The number of nitrogens with zero attached hydrogens (tertiary/aromatic N) is 2. The molecule has 0 spiro atoms. The largest absolute Gasteiger partial charge is 0.490 e. The summed E-state index contributed by atoms with van der Waals surface area (Å²) in [5.41, 5.74) is -1.18. The van der Waals surface area contributed by atoms with Crippen LogP contribution in [0.1, 0.15) is 29.2 Å². The molecule has 0 radical (unpaired) electrons. The van der Waals surface area contributed by atoms with Gasteiger partial charge in [0.2, 0.25) is 0 Å². The van der Waals surface area contributed by atoms with Gasteiger partial charge in [0, 0.05) is 5.56 Å². The van der Waals surface area contributed by atoms with Gasteiger partial charge in [-0.25, -0.2) is 17.6 Å². The number of nitrogens with one attached hydrogen (secondary N) is 1. The SMILES string of the molecule is CCOc1cc(/C=N\Nc2c(F)c(F)c(C(F)(F)F)c(F)c2F)ccc1OCc1ccccc1C#N. The van der Waals surface area contributed by atoms with Gasteiger partial charge < -0.3 is 9.47 Å². The average Bonchev–Trinajstić information content (AvgIpc) is 2.84. The van der Waals surface area contributed by atoms with Crippen molar-refractivity contribution in [3.8, 4) is 17.6 Å². The van der Waals surface area contributed by atoms with Crippen LogP contribution in [-0.4, -0.2) is 12.8 Å². The van der Waals surface area contributed by atoms with E-state index in [1.165, 1.54) is 18.2 Å². The van der Waals surface area contributed by atoms with E-state index in [0.717, 1.165) is 6.21 Å². The van der Waals surface area contributed by atoms with Crippen molar-refractivity contribution in [1.29, 1.82) is 5.26 Å². The number of alkyl halides is 3. The van der Waals surface area contributed by atoms with Gasteiger partial charge in [-0.15, -0.1) is 0 Å². The van der Waals surface area contributed by atoms with Crippen LogP contribution in [0.2, 0.25) is 0 Å². The van der Waals surface area contributed by atoms with E-state index < -0.39 is 40.7 Å². The van der Waals surface area contributed by atoms with Crippen LogP contribution in [0.5, 0.6) is 11.5 Å². The molecule has 0 aromatic heterocycles. The van der Waals surface area contributed by atoms with Crippen LogP contribution in [0.25, 0.3) is 0 Å². The third-order valence-corrected chi connectivity index (χ3v) is 4.73. The lowest BCUT2D eigenvalue weighted by Crippen LogP contribution is -2.16. The summed E-state index contributed by atoms with van der Waals surface area (Å²) < 4.78 is 105. The van der Waals surface area contributed by atoms with Crippen molar-refractivity contribution in [3.05, 3.63) is 88.0 Å². The Morgan fingerprint density at radius 3 is 2.22 bits per heavy atom. The van der Waals surface area contributed by atoms with Crippen LogP contribution in [0.15, 0.2) is 47.6 Å². The molecule has 3 rings (SSSR count). The molecule has 0 saturated carbocycles. The molecule has 0 heterocycles. The minimum atomic E-state index is -5.65. The number of hydrogen-bond donors (Lipinski definition) is 1. The fraction of sp³-hybridized carbons (Fsp3) is 0.167. The Labute approximate surface area is 200 Å². The molecule has 0 saturated heterocycles. The van der Waals surface area contributed by atoms with Gasteiger partial charge in [-0.2, -0.15) is 23.5 Å². The van der Waals surface area contributed by atoms with E-state index in [2.05, 4.69) is 11.2 Å². The zero-order chi connectivity index (χ0) is 26.5. The highest BCUT2D eigenvalue weighted by molar-refractivity contribution is 5.81. The van der Waals surface area contributed by atoms with Crippen molar-refractivity contribution < 1.29 is 40.2 Å². The number of benzene rings is 3. The van der Waals surface area contributed by atoms with Crippen molar-refractivity contribution in [2.24, 2.45) is 5.10 Å². The van der Waals surface area contributed by atoms with Crippen LogP contribution < -0.4 is 14.9 Å². The summed E-state index contributed by atoms with van der Waals surface area (Å²) in [6.45, 7) is 2.00. The quantitative estimate of drug-likeness (QED) is 0.161. The molecule has 0 aliphatic heterocycles. The predicted octanol–water partition coefficient (Wildman–Crippen LogP) is 6.56. The van der Waals surface area contributed by atoms with Gasteiger partial charge in [0.15, 0.2) is 34.8 Å². The van der Waals surface area contributed by atoms with Crippen molar-refractivity contribution in [2.45, 2.75) is 19.7 Å². The van der Waals surface area contributed by atoms with Crippen LogP contribution in [0.3, 0.4) is 0 Å². The van der Waals surface area contributed by atoms with Gasteiger partial charge in [0.05, 0.1) is 24.5 Å². The minimum absolute atomic E-state index is 0.0579. The highest BCUT2D eigenvalue weighted by atomic mass is 19.4. The molecule has 0 fully saturated rings. The van der Waals surface area contributed by atoms with Gasteiger partial charge in [-0.3, -0.25) is 5.43 Å². The lowest BCUT2D eigenvalue weighted by Gasteiger charge is -2.14. The topological polar surface area (TPSA) is 66.6 Å². The first-order chi connectivity index (χ1) is 17.1. The standard InChI is InChI=1S/C24H16F7N3O2/c1-2-35-17-9-13(7-8-16(17)36-12-15-6-4-3-5-14(15)10-32)11-33-34-23-21(27)19(25)18(24(29,30)31)20(26)22(23)28/h3-9,11,34H,2,12H2,1H3/b33-11-. The molecule has 0 aliphatic carbocycles. The minimum Gasteiger partial charge on any atom is -0.490 e. The van der Waals surface area contributed by atoms with Gasteiger partial charge in [-0.1, -0.05) is 18.2 Å². The second-order valence-electron chi connectivity index (χ2n) is 7.07. The molecule has 188 valence electrons. The summed E-state index contributed by atoms with van der Waals surface area (Å²) in [5, 5.41) is 12.6. The molecule has 36 heavy (non-hydrogen) atoms. The lowest BCUT2D eigenvalue weighted by atomic mass is 10.1. The van der Waals surface area contributed by atoms with E-state index >= 15 is 0 Å². The Balaban J connectivity index is 1.81. The summed E-state index contributed by atoms with van der Waals surface area (Å²) in [6, 6.07) is 13.2. The summed E-state index contributed by atoms with van der Waals surface area (Å²) in [4.78, 5) is 0. The van der Waals surface area contributed by atoms with E-state index in [9.17, 15) is 36.0 Å². The fourth-order valence-electron chi connectivity index (χ4n) is 3.05. The highest BCUT2D eigenvalue weighted by Crippen LogP contribution is 2.38. The van der Waals surface area contributed by atoms with Crippen molar-refractivity contribution in [3.63, 3.8) is 0 Å². The number of hydrazone groups is 1. The zero-order valence-corrected chi connectivity index (χ0v) is 18.4. The highest BCUT2D eigenvalue weighted by Gasteiger charge is 2.42. The second-order valence-corrected chi connectivity index (χ2v) is 7.07. The summed E-state index contributed by atoms with van der Waals surface area (Å²) in [7, 11) is 0. The zero-order valence-electron chi connectivity index (χ0n) is 18.4. The van der Waals surface area contributed by atoms with Gasteiger partial charge >= 0.3 is 6.18 Å².